The number of hydrogen-bond acceptors (Lipinski definition) is 5. The van der Waals surface area contributed by atoms with Gasteiger partial charge in [0.1, 0.15) is 11.5 Å². The smallest absolute Gasteiger partial charge is 0.232 e. The highest BCUT2D eigenvalue weighted by atomic mass is 16.5. The van der Waals surface area contributed by atoms with Gasteiger partial charge >= 0.3 is 0 Å². The Morgan fingerprint density at radius 2 is 1.90 bits per heavy atom. The van der Waals surface area contributed by atoms with Crippen LogP contribution in [0.4, 0.5) is 0 Å². The number of aromatic nitrogens is 1. The van der Waals surface area contributed by atoms with Gasteiger partial charge in [-0.05, 0) is 48.1 Å². The summed E-state index contributed by atoms with van der Waals surface area (Å²) in [5.74, 6) is 1.77. The zero-order valence-electron chi connectivity index (χ0n) is 17.9. The fraction of sp³-hybridized carbons (Fsp3) is 0.417. The number of rotatable bonds is 7. The number of aromatic hydroxyl groups is 1. The molecule has 1 aliphatic rings. The van der Waals surface area contributed by atoms with Crippen LogP contribution in [0.5, 0.6) is 11.5 Å². The minimum atomic E-state index is -0.151. The van der Waals surface area contributed by atoms with Crippen LogP contribution >= 0.6 is 0 Å². The van der Waals surface area contributed by atoms with Crippen LogP contribution in [-0.2, 0) is 6.54 Å². The van der Waals surface area contributed by atoms with Crippen molar-refractivity contribution in [2.45, 2.75) is 41.2 Å². The molecule has 5 heteroatoms. The molecule has 1 N–H and O–H groups in total. The molecule has 5 nitrogen and oxygen atoms in total. The number of ketones is 1. The fourth-order valence-corrected chi connectivity index (χ4v) is 3.81. The molecular formula is C24H30N2O3. The van der Waals surface area contributed by atoms with Crippen LogP contribution in [0.2, 0.25) is 0 Å². The molecule has 3 rings (SSSR count). The monoisotopic (exact) mass is 394 g/mol. The van der Waals surface area contributed by atoms with Crippen LogP contribution in [0.15, 0.2) is 36.4 Å². The molecule has 0 atom stereocenters. The Labute approximate surface area is 173 Å². The Hall–Kier alpha value is -2.66. The summed E-state index contributed by atoms with van der Waals surface area (Å²) in [6, 6.07) is 5.36. The van der Waals surface area contributed by atoms with Gasteiger partial charge in [0.05, 0.1) is 11.1 Å². The second-order valence-corrected chi connectivity index (χ2v) is 8.60. The van der Waals surface area contributed by atoms with Crippen molar-refractivity contribution in [2.75, 3.05) is 13.1 Å². The number of carbonyl (C=O) groups is 1. The van der Waals surface area contributed by atoms with E-state index in [0.717, 1.165) is 24.2 Å². The molecular weight excluding hydrogens is 364 g/mol. The van der Waals surface area contributed by atoms with E-state index in [1.807, 2.05) is 19.1 Å². The number of Topliss-reactive ketones (excluding diaryl/α,β-unsaturated/α-hetero) is 1. The number of fused-ring (bicyclic) bond motifs is 1. The highest BCUT2D eigenvalue weighted by Crippen LogP contribution is 2.42. The van der Waals surface area contributed by atoms with E-state index in [9.17, 15) is 9.90 Å². The number of phenolic OH excluding ortho intramolecular Hbond substituents is 1. The van der Waals surface area contributed by atoms with Gasteiger partial charge in [-0.1, -0.05) is 33.8 Å². The van der Waals surface area contributed by atoms with E-state index in [1.165, 1.54) is 0 Å². The number of ether oxygens (including phenoxy) is 1. The van der Waals surface area contributed by atoms with Gasteiger partial charge < -0.3 is 9.84 Å². The molecule has 0 fully saturated rings. The fourth-order valence-electron chi connectivity index (χ4n) is 3.81. The summed E-state index contributed by atoms with van der Waals surface area (Å²) >= 11 is 0. The number of nitrogens with zero attached hydrogens (tertiary/aromatic N) is 2. The molecule has 0 spiro atoms. The second kappa shape index (κ2) is 8.78. The minimum absolute atomic E-state index is 0.151. The molecule has 0 amide bonds. The summed E-state index contributed by atoms with van der Waals surface area (Å²) in [6.45, 7) is 12.9. The second-order valence-electron chi connectivity index (χ2n) is 8.60. The van der Waals surface area contributed by atoms with Crippen molar-refractivity contribution in [3.05, 3.63) is 58.6 Å². The molecule has 0 bridgehead atoms. The SMILES string of the molecule is Cc1cc(O)c(CN(CC(C)C)CC(C)C)c2c1C(=O)/C(=C\c1cccnc1)O2. The van der Waals surface area contributed by atoms with E-state index >= 15 is 0 Å². The number of aryl methyl sites for hydroxylation is 1. The van der Waals surface area contributed by atoms with E-state index in [1.54, 1.807) is 24.5 Å². The Kier molecular flexibility index (Phi) is 6.38. The molecule has 0 radical (unpaired) electrons. The average Bonchev–Trinajstić information content (AvgIpc) is 2.95. The van der Waals surface area contributed by atoms with Crippen LogP contribution in [0.3, 0.4) is 0 Å². The molecule has 0 saturated carbocycles. The van der Waals surface area contributed by atoms with E-state index in [4.69, 9.17) is 4.74 Å². The van der Waals surface area contributed by atoms with E-state index < -0.39 is 0 Å². The predicted octanol–water partition coefficient (Wildman–Crippen LogP) is 4.83. The Morgan fingerprint density at radius 3 is 2.48 bits per heavy atom. The Balaban J connectivity index is 1.98. The molecule has 1 aliphatic heterocycles. The quantitative estimate of drug-likeness (QED) is 0.682. The first-order chi connectivity index (χ1) is 13.8. The van der Waals surface area contributed by atoms with Crippen LogP contribution in [0.25, 0.3) is 6.08 Å². The van der Waals surface area contributed by atoms with E-state index in [2.05, 4.69) is 37.6 Å². The number of pyridine rings is 1. The van der Waals surface area contributed by atoms with Crippen molar-refractivity contribution in [1.29, 1.82) is 0 Å². The highest BCUT2D eigenvalue weighted by Gasteiger charge is 2.33. The van der Waals surface area contributed by atoms with Gasteiger partial charge in [-0.2, -0.15) is 0 Å². The van der Waals surface area contributed by atoms with Gasteiger partial charge in [-0.25, -0.2) is 0 Å². The summed E-state index contributed by atoms with van der Waals surface area (Å²) in [4.78, 5) is 19.4. The highest BCUT2D eigenvalue weighted by molar-refractivity contribution is 6.15. The zero-order valence-corrected chi connectivity index (χ0v) is 17.9. The van der Waals surface area contributed by atoms with Gasteiger partial charge in [0.25, 0.3) is 0 Å². The van der Waals surface area contributed by atoms with Crippen LogP contribution in [-0.4, -0.2) is 33.9 Å². The number of carbonyl (C=O) groups excluding carboxylic acids is 1. The Morgan fingerprint density at radius 1 is 1.21 bits per heavy atom. The van der Waals surface area contributed by atoms with Gasteiger partial charge in [-0.15, -0.1) is 0 Å². The number of phenols is 1. The van der Waals surface area contributed by atoms with Crippen LogP contribution in [0.1, 0.15) is 54.7 Å². The topological polar surface area (TPSA) is 62.7 Å². The van der Waals surface area contributed by atoms with Crippen molar-refractivity contribution >= 4 is 11.9 Å². The van der Waals surface area contributed by atoms with Crippen molar-refractivity contribution in [2.24, 2.45) is 11.8 Å². The number of allylic oxidation sites excluding steroid dienone is 1. The summed E-state index contributed by atoms with van der Waals surface area (Å²) in [6.07, 6.45) is 5.08. The largest absolute Gasteiger partial charge is 0.507 e. The van der Waals surface area contributed by atoms with Gasteiger partial charge in [0, 0.05) is 32.0 Å². The zero-order chi connectivity index (χ0) is 21.1. The maximum Gasteiger partial charge on any atom is 0.232 e. The van der Waals surface area contributed by atoms with Gasteiger partial charge in [-0.3, -0.25) is 14.7 Å². The van der Waals surface area contributed by atoms with Crippen molar-refractivity contribution < 1.29 is 14.6 Å². The van der Waals surface area contributed by atoms with Crippen molar-refractivity contribution in [1.82, 2.24) is 9.88 Å². The van der Waals surface area contributed by atoms with Crippen LogP contribution in [0, 0.1) is 18.8 Å². The lowest BCUT2D eigenvalue weighted by atomic mass is 9.98. The Bertz CT molecular complexity index is 907. The first-order valence-electron chi connectivity index (χ1n) is 10.2. The summed E-state index contributed by atoms with van der Waals surface area (Å²) in [5.41, 5.74) is 2.74. The van der Waals surface area contributed by atoms with Crippen molar-refractivity contribution in [3.63, 3.8) is 0 Å². The molecule has 1 aromatic carbocycles. The maximum absolute atomic E-state index is 13.0. The average molecular weight is 395 g/mol. The molecule has 29 heavy (non-hydrogen) atoms. The first kappa shape index (κ1) is 21.1. The molecule has 154 valence electrons. The predicted molar refractivity (Wildman–Crippen MR) is 115 cm³/mol. The lowest BCUT2D eigenvalue weighted by Gasteiger charge is -2.27. The summed E-state index contributed by atoms with van der Waals surface area (Å²) in [7, 11) is 0. The van der Waals surface area contributed by atoms with E-state index in [0.29, 0.717) is 35.3 Å². The number of benzene rings is 1. The standard InChI is InChI=1S/C24H30N2O3/c1-15(2)12-26(13-16(3)4)14-19-20(27)9-17(5)22-23(28)21(29-24(19)22)10-18-7-6-8-25-11-18/h6-11,15-16,27H,12-14H2,1-5H3/b21-10+. The third kappa shape index (κ3) is 4.85. The third-order valence-corrected chi connectivity index (χ3v) is 4.83. The summed E-state index contributed by atoms with van der Waals surface area (Å²) in [5, 5.41) is 10.7. The molecule has 1 aromatic heterocycles. The molecule has 0 saturated heterocycles. The number of hydrogen-bond donors (Lipinski definition) is 1. The lowest BCUT2D eigenvalue weighted by molar-refractivity contribution is 0.101. The molecule has 0 aliphatic carbocycles. The van der Waals surface area contributed by atoms with Crippen LogP contribution < -0.4 is 4.74 Å². The normalized spacial score (nSPS) is 14.9. The minimum Gasteiger partial charge on any atom is -0.507 e. The molecule has 2 aromatic rings. The van der Waals surface area contributed by atoms with Gasteiger partial charge in [0.2, 0.25) is 5.78 Å². The summed E-state index contributed by atoms with van der Waals surface area (Å²) < 4.78 is 6.02. The molecule has 2 heterocycles. The maximum atomic E-state index is 13.0. The first-order valence-corrected chi connectivity index (χ1v) is 10.2. The molecule has 0 unspecified atom stereocenters. The lowest BCUT2D eigenvalue weighted by Crippen LogP contribution is -2.31. The van der Waals surface area contributed by atoms with Gasteiger partial charge in [0.15, 0.2) is 5.76 Å². The third-order valence-electron chi connectivity index (χ3n) is 4.83. The van der Waals surface area contributed by atoms with Crippen molar-refractivity contribution in [3.8, 4) is 11.5 Å². The van der Waals surface area contributed by atoms with E-state index in [-0.39, 0.29) is 17.3 Å².